The molecule has 0 radical (unpaired) electrons. The Balaban J connectivity index is 1.62. The van der Waals surface area contributed by atoms with Gasteiger partial charge in [-0.3, -0.25) is 9.59 Å². The average Bonchev–Trinajstić information content (AvgIpc) is 2.73. The molecule has 190 valence electrons. The normalized spacial score (nSPS) is 54.1. The van der Waals surface area contributed by atoms with Gasteiger partial charge in [-0.25, -0.2) is 0 Å². The van der Waals surface area contributed by atoms with E-state index >= 15 is 0 Å². The van der Waals surface area contributed by atoms with E-state index in [1.807, 2.05) is 13.0 Å². The summed E-state index contributed by atoms with van der Waals surface area (Å²) in [5.41, 5.74) is 0.142. The van der Waals surface area contributed by atoms with Gasteiger partial charge in [-0.1, -0.05) is 47.1 Å². The molecule has 0 unspecified atom stereocenters. The van der Waals surface area contributed by atoms with Gasteiger partial charge in [-0.15, -0.1) is 0 Å². The van der Waals surface area contributed by atoms with Crippen LogP contribution in [-0.2, 0) is 9.59 Å². The smallest absolute Gasteiger partial charge is 0.309 e. The van der Waals surface area contributed by atoms with Crippen molar-refractivity contribution in [3.05, 3.63) is 11.6 Å². The Hall–Kier alpha value is -1.16. The summed E-state index contributed by atoms with van der Waals surface area (Å²) in [5.74, 6) is 0.0603. The van der Waals surface area contributed by atoms with Crippen LogP contribution < -0.4 is 0 Å². The van der Waals surface area contributed by atoms with Gasteiger partial charge in [0.15, 0.2) is 5.78 Å². The molecule has 0 aromatic carbocycles. The van der Waals surface area contributed by atoms with Crippen molar-refractivity contribution in [2.45, 2.75) is 112 Å². The van der Waals surface area contributed by atoms with E-state index in [-0.39, 0.29) is 50.8 Å². The van der Waals surface area contributed by atoms with Gasteiger partial charge in [0.1, 0.15) is 0 Å². The lowest BCUT2D eigenvalue weighted by Gasteiger charge is -2.70. The Morgan fingerprint density at radius 3 is 2.21 bits per heavy atom. The first kappa shape index (κ1) is 24.5. The number of rotatable bonds is 1. The molecule has 5 aliphatic carbocycles. The summed E-state index contributed by atoms with van der Waals surface area (Å²) < 4.78 is 0. The van der Waals surface area contributed by atoms with Gasteiger partial charge in [0.2, 0.25) is 0 Å². The topological polar surface area (TPSA) is 74.6 Å². The summed E-state index contributed by atoms with van der Waals surface area (Å²) >= 11 is 0. The number of hydrogen-bond donors (Lipinski definition) is 2. The number of hydrogen-bond acceptors (Lipinski definition) is 3. The van der Waals surface area contributed by atoms with Crippen LogP contribution in [0.1, 0.15) is 106 Å². The largest absolute Gasteiger partial charge is 0.481 e. The van der Waals surface area contributed by atoms with Crippen LogP contribution in [0.5, 0.6) is 0 Å². The lowest BCUT2D eigenvalue weighted by molar-refractivity contribution is -0.202. The molecular formula is C30H46O4. The second-order valence-electron chi connectivity index (χ2n) is 14.9. The van der Waals surface area contributed by atoms with E-state index in [4.69, 9.17) is 0 Å². The van der Waals surface area contributed by atoms with Crippen molar-refractivity contribution in [2.75, 3.05) is 0 Å². The van der Waals surface area contributed by atoms with Gasteiger partial charge in [0.25, 0.3) is 0 Å². The first-order valence-corrected chi connectivity index (χ1v) is 13.7. The molecule has 0 aromatic heterocycles. The molecule has 0 aliphatic heterocycles. The molecule has 0 aromatic rings. The molecule has 0 spiro atoms. The molecule has 5 aliphatic rings. The predicted octanol–water partition coefficient (Wildman–Crippen LogP) is 6.41. The Kier molecular flexibility index (Phi) is 5.04. The third kappa shape index (κ3) is 2.81. The maximum absolute atomic E-state index is 14.2. The quantitative estimate of drug-likeness (QED) is 0.464. The van der Waals surface area contributed by atoms with Crippen molar-refractivity contribution in [1.29, 1.82) is 0 Å². The van der Waals surface area contributed by atoms with Crippen molar-refractivity contribution >= 4 is 11.8 Å². The van der Waals surface area contributed by atoms with E-state index < -0.39 is 11.4 Å². The summed E-state index contributed by atoms with van der Waals surface area (Å²) in [5, 5.41) is 20.9. The van der Waals surface area contributed by atoms with Gasteiger partial charge >= 0.3 is 5.97 Å². The standard InChI is InChI=1S/C30H46O4/c1-25(2)21-8-11-30(7)23(28(21,5)10-9-22(25)32)20(31)16-18-19-17-27(4,24(33)34)13-12-26(19,3)14-15-29(18,30)6/h16,19,21-23,32H,8-15,17H2,1-7H3,(H,33,34)/t19-,21+,22-,23+,26-,27-,28-,29-,30-/m0/s1. The Bertz CT molecular complexity index is 965. The van der Waals surface area contributed by atoms with E-state index in [0.717, 1.165) is 51.4 Å². The van der Waals surface area contributed by atoms with Gasteiger partial charge < -0.3 is 10.2 Å². The number of fused-ring (bicyclic) bond motifs is 7. The number of carboxylic acid groups (broad SMARTS) is 1. The Labute approximate surface area is 206 Å². The zero-order valence-electron chi connectivity index (χ0n) is 22.5. The molecule has 4 heteroatoms. The zero-order chi connectivity index (χ0) is 25.1. The number of aliphatic hydroxyl groups excluding tert-OH is 1. The molecule has 0 bridgehead atoms. The molecule has 4 saturated carbocycles. The van der Waals surface area contributed by atoms with Crippen LogP contribution in [0.4, 0.5) is 0 Å². The third-order valence-electron chi connectivity index (χ3n) is 13.1. The van der Waals surface area contributed by atoms with Crippen molar-refractivity contribution in [1.82, 2.24) is 0 Å². The summed E-state index contributed by atoms with van der Waals surface area (Å²) in [6.45, 7) is 15.8. The minimum atomic E-state index is -0.711. The fourth-order valence-corrected chi connectivity index (χ4v) is 10.4. The molecule has 5 rings (SSSR count). The van der Waals surface area contributed by atoms with Crippen molar-refractivity contribution < 1.29 is 19.8 Å². The molecule has 4 nitrogen and oxygen atoms in total. The van der Waals surface area contributed by atoms with Gasteiger partial charge in [-0.2, -0.15) is 0 Å². The molecule has 0 saturated heterocycles. The maximum Gasteiger partial charge on any atom is 0.309 e. The molecule has 0 heterocycles. The van der Waals surface area contributed by atoms with Crippen LogP contribution in [0.3, 0.4) is 0 Å². The highest BCUT2D eigenvalue weighted by Crippen LogP contribution is 2.75. The van der Waals surface area contributed by atoms with Crippen LogP contribution in [0.2, 0.25) is 0 Å². The maximum atomic E-state index is 14.2. The van der Waals surface area contributed by atoms with E-state index in [1.165, 1.54) is 5.57 Å². The zero-order valence-corrected chi connectivity index (χ0v) is 22.5. The van der Waals surface area contributed by atoms with Crippen molar-refractivity contribution in [2.24, 2.45) is 50.2 Å². The molecule has 9 atom stereocenters. The predicted molar refractivity (Wildman–Crippen MR) is 133 cm³/mol. The number of ketones is 1. The Morgan fingerprint density at radius 2 is 1.56 bits per heavy atom. The molecule has 34 heavy (non-hydrogen) atoms. The summed E-state index contributed by atoms with van der Waals surface area (Å²) in [4.78, 5) is 26.4. The van der Waals surface area contributed by atoms with E-state index in [9.17, 15) is 19.8 Å². The summed E-state index contributed by atoms with van der Waals surface area (Å²) in [6, 6.07) is 0. The van der Waals surface area contributed by atoms with Gasteiger partial charge in [0.05, 0.1) is 11.5 Å². The SMILES string of the molecule is CC1(C)[C@H]2CC[C@@]3(C)[C@H](C(=O)C=C4[C@@H]5C[C@@](C)(C(=O)O)CC[C@@]5(C)CC[C@@]43C)[C@@]2(C)CC[C@@H]1O. The fraction of sp³-hybridized carbons (Fsp3) is 0.867. The number of aliphatic hydroxyl groups is 1. The summed E-state index contributed by atoms with van der Waals surface area (Å²) in [7, 11) is 0. The highest BCUT2D eigenvalue weighted by Gasteiger charge is 2.70. The lowest BCUT2D eigenvalue weighted by atomic mass is 9.33. The van der Waals surface area contributed by atoms with Crippen molar-refractivity contribution in [3.63, 3.8) is 0 Å². The number of carbonyl (C=O) groups is 2. The third-order valence-corrected chi connectivity index (χ3v) is 13.1. The Morgan fingerprint density at radius 1 is 0.912 bits per heavy atom. The van der Waals surface area contributed by atoms with Crippen LogP contribution in [-0.4, -0.2) is 28.1 Å². The van der Waals surface area contributed by atoms with Gasteiger partial charge in [-0.05, 0) is 110 Å². The van der Waals surface area contributed by atoms with Crippen LogP contribution in [0.15, 0.2) is 11.6 Å². The second kappa shape index (κ2) is 6.99. The van der Waals surface area contributed by atoms with Crippen LogP contribution in [0, 0.1) is 50.2 Å². The summed E-state index contributed by atoms with van der Waals surface area (Å²) in [6.07, 6.45) is 9.95. The van der Waals surface area contributed by atoms with E-state index in [1.54, 1.807) is 0 Å². The number of carbonyl (C=O) groups excluding carboxylic acids is 1. The fourth-order valence-electron chi connectivity index (χ4n) is 10.4. The monoisotopic (exact) mass is 470 g/mol. The average molecular weight is 471 g/mol. The second-order valence-corrected chi connectivity index (χ2v) is 14.9. The first-order chi connectivity index (χ1) is 15.6. The molecule has 2 N–H and O–H groups in total. The molecule has 4 fully saturated rings. The van der Waals surface area contributed by atoms with Crippen LogP contribution in [0.25, 0.3) is 0 Å². The molecule has 0 amide bonds. The highest BCUT2D eigenvalue weighted by molar-refractivity contribution is 5.95. The van der Waals surface area contributed by atoms with Crippen LogP contribution >= 0.6 is 0 Å². The molecular weight excluding hydrogens is 424 g/mol. The van der Waals surface area contributed by atoms with E-state index in [0.29, 0.717) is 12.3 Å². The van der Waals surface area contributed by atoms with E-state index in [2.05, 4.69) is 41.5 Å². The number of carboxylic acids is 1. The first-order valence-electron chi connectivity index (χ1n) is 13.7. The number of allylic oxidation sites excluding steroid dienone is 2. The lowest BCUT2D eigenvalue weighted by Crippen LogP contribution is -2.66. The number of aliphatic carboxylic acids is 1. The minimum Gasteiger partial charge on any atom is -0.481 e. The highest BCUT2D eigenvalue weighted by atomic mass is 16.4. The van der Waals surface area contributed by atoms with Gasteiger partial charge in [0, 0.05) is 5.92 Å². The minimum absolute atomic E-state index is 0.0296. The van der Waals surface area contributed by atoms with Crippen molar-refractivity contribution in [3.8, 4) is 0 Å².